The molecule has 4 heteroatoms. The third-order valence-electron chi connectivity index (χ3n) is 2.37. The normalized spacial score (nSPS) is 9.47. The number of rotatable bonds is 4. The highest BCUT2D eigenvalue weighted by Crippen LogP contribution is 2.18. The van der Waals surface area contributed by atoms with Gasteiger partial charge in [0.2, 0.25) is 0 Å². The Balaban J connectivity index is 3.40. The number of nitriles is 1. The molecule has 17 heavy (non-hydrogen) atoms. The zero-order valence-electron chi connectivity index (χ0n) is 9.82. The molecule has 0 amide bonds. The first-order chi connectivity index (χ1) is 8.17. The third kappa shape index (κ3) is 2.70. The van der Waals surface area contributed by atoms with Crippen LogP contribution in [0.1, 0.15) is 45.7 Å². The van der Waals surface area contributed by atoms with Crippen molar-refractivity contribution in [1.29, 1.82) is 5.26 Å². The van der Waals surface area contributed by atoms with E-state index in [1.165, 1.54) is 6.07 Å². The van der Waals surface area contributed by atoms with Crippen molar-refractivity contribution in [2.24, 2.45) is 0 Å². The van der Waals surface area contributed by atoms with E-state index in [1.54, 1.807) is 13.0 Å². The van der Waals surface area contributed by atoms with Crippen molar-refractivity contribution in [3.8, 4) is 6.07 Å². The zero-order valence-corrected chi connectivity index (χ0v) is 9.82. The molecule has 0 aliphatic heterocycles. The standard InChI is InChI=1S/C13H13NO3/c1-3-10-5-9(8-15)6-11(12(10)7-14)13(16)17-4-2/h5-6,8H,3-4H2,1-2H3. The lowest BCUT2D eigenvalue weighted by molar-refractivity contribution is 0.0526. The van der Waals surface area contributed by atoms with E-state index in [-0.39, 0.29) is 17.7 Å². The van der Waals surface area contributed by atoms with Gasteiger partial charge in [0.1, 0.15) is 12.4 Å². The van der Waals surface area contributed by atoms with Crippen LogP contribution >= 0.6 is 0 Å². The van der Waals surface area contributed by atoms with Gasteiger partial charge < -0.3 is 4.74 Å². The highest BCUT2D eigenvalue weighted by molar-refractivity contribution is 5.95. The van der Waals surface area contributed by atoms with E-state index >= 15 is 0 Å². The summed E-state index contributed by atoms with van der Waals surface area (Å²) >= 11 is 0. The molecule has 88 valence electrons. The fraction of sp³-hybridized carbons (Fsp3) is 0.308. The van der Waals surface area contributed by atoms with E-state index in [1.807, 2.05) is 13.0 Å². The lowest BCUT2D eigenvalue weighted by Gasteiger charge is -2.08. The van der Waals surface area contributed by atoms with Crippen LogP contribution in [0.25, 0.3) is 0 Å². The minimum atomic E-state index is -0.567. The first-order valence-electron chi connectivity index (χ1n) is 5.37. The SMILES string of the molecule is CCOC(=O)c1cc(C=O)cc(CC)c1C#N. The van der Waals surface area contributed by atoms with Gasteiger partial charge in [0.05, 0.1) is 17.7 Å². The van der Waals surface area contributed by atoms with Crippen molar-refractivity contribution in [3.63, 3.8) is 0 Å². The molecule has 0 aliphatic carbocycles. The molecule has 0 aromatic heterocycles. The minimum Gasteiger partial charge on any atom is -0.462 e. The van der Waals surface area contributed by atoms with Gasteiger partial charge in [0, 0.05) is 5.56 Å². The number of hydrogen-bond donors (Lipinski definition) is 0. The van der Waals surface area contributed by atoms with Crippen molar-refractivity contribution in [2.45, 2.75) is 20.3 Å². The fourth-order valence-corrected chi connectivity index (χ4v) is 1.58. The van der Waals surface area contributed by atoms with Crippen molar-refractivity contribution in [1.82, 2.24) is 0 Å². The molecule has 1 rings (SSSR count). The number of benzene rings is 1. The van der Waals surface area contributed by atoms with E-state index in [2.05, 4.69) is 0 Å². The summed E-state index contributed by atoms with van der Waals surface area (Å²) in [6.45, 7) is 3.78. The highest BCUT2D eigenvalue weighted by Gasteiger charge is 2.16. The van der Waals surface area contributed by atoms with Gasteiger partial charge in [-0.05, 0) is 31.0 Å². The summed E-state index contributed by atoms with van der Waals surface area (Å²) in [6.07, 6.45) is 1.24. The minimum absolute atomic E-state index is 0.163. The second-order valence-corrected chi connectivity index (χ2v) is 3.41. The van der Waals surface area contributed by atoms with Gasteiger partial charge in [-0.25, -0.2) is 4.79 Å². The molecular weight excluding hydrogens is 218 g/mol. The van der Waals surface area contributed by atoms with Crippen LogP contribution in [0.3, 0.4) is 0 Å². The maximum Gasteiger partial charge on any atom is 0.339 e. The van der Waals surface area contributed by atoms with Crippen LogP contribution in [0, 0.1) is 11.3 Å². The summed E-state index contributed by atoms with van der Waals surface area (Å²) in [6, 6.07) is 5.00. The summed E-state index contributed by atoms with van der Waals surface area (Å²) in [5.74, 6) is -0.567. The van der Waals surface area contributed by atoms with Crippen LogP contribution in [0.15, 0.2) is 12.1 Å². The number of nitrogens with zero attached hydrogens (tertiary/aromatic N) is 1. The maximum absolute atomic E-state index is 11.7. The van der Waals surface area contributed by atoms with Crippen LogP contribution in [-0.2, 0) is 11.2 Å². The molecule has 4 nitrogen and oxygen atoms in total. The van der Waals surface area contributed by atoms with Crippen LogP contribution < -0.4 is 0 Å². The number of carbonyl (C=O) groups is 2. The molecule has 0 bridgehead atoms. The van der Waals surface area contributed by atoms with Gasteiger partial charge in [-0.3, -0.25) is 4.79 Å². The average molecular weight is 231 g/mol. The first-order valence-corrected chi connectivity index (χ1v) is 5.37. The van der Waals surface area contributed by atoms with E-state index in [4.69, 9.17) is 10.00 Å². The molecular formula is C13H13NO3. The lowest BCUT2D eigenvalue weighted by Crippen LogP contribution is -2.09. The molecule has 0 radical (unpaired) electrons. The van der Waals surface area contributed by atoms with Crippen molar-refractivity contribution >= 4 is 12.3 Å². The van der Waals surface area contributed by atoms with E-state index in [0.717, 1.165) is 0 Å². The Labute approximate surface area is 99.8 Å². The second kappa shape index (κ2) is 5.80. The molecule has 0 saturated heterocycles. The molecule has 0 atom stereocenters. The van der Waals surface area contributed by atoms with E-state index < -0.39 is 5.97 Å². The van der Waals surface area contributed by atoms with Crippen LogP contribution in [0.4, 0.5) is 0 Å². The monoisotopic (exact) mass is 231 g/mol. The van der Waals surface area contributed by atoms with Gasteiger partial charge >= 0.3 is 5.97 Å². The first kappa shape index (κ1) is 12.9. The lowest BCUT2D eigenvalue weighted by atomic mass is 9.97. The van der Waals surface area contributed by atoms with Crippen LogP contribution in [0.2, 0.25) is 0 Å². The van der Waals surface area contributed by atoms with Gasteiger partial charge in [0.15, 0.2) is 0 Å². The number of ether oxygens (including phenoxy) is 1. The second-order valence-electron chi connectivity index (χ2n) is 3.41. The summed E-state index contributed by atoms with van der Waals surface area (Å²) < 4.78 is 4.86. The molecule has 0 N–H and O–H groups in total. The van der Waals surface area contributed by atoms with Gasteiger partial charge in [-0.1, -0.05) is 6.92 Å². The summed E-state index contributed by atoms with van der Waals surface area (Å²) in [4.78, 5) is 22.4. The van der Waals surface area contributed by atoms with E-state index in [9.17, 15) is 9.59 Å². The number of hydrogen-bond acceptors (Lipinski definition) is 4. The summed E-state index contributed by atoms with van der Waals surface area (Å²) in [5.41, 5.74) is 1.51. The predicted molar refractivity (Wildman–Crippen MR) is 61.9 cm³/mol. The quantitative estimate of drug-likeness (QED) is 0.588. The number of carbonyl (C=O) groups excluding carboxylic acids is 2. The molecule has 1 aromatic carbocycles. The Bertz CT molecular complexity index is 486. The number of aryl methyl sites for hydroxylation is 1. The molecule has 0 fully saturated rings. The van der Waals surface area contributed by atoms with E-state index in [0.29, 0.717) is 23.8 Å². The Morgan fingerprint density at radius 2 is 2.18 bits per heavy atom. The highest BCUT2D eigenvalue weighted by atomic mass is 16.5. The van der Waals surface area contributed by atoms with Crippen LogP contribution in [0.5, 0.6) is 0 Å². The maximum atomic E-state index is 11.7. The summed E-state index contributed by atoms with van der Waals surface area (Å²) in [5, 5.41) is 9.06. The Kier molecular flexibility index (Phi) is 4.41. The Hall–Kier alpha value is -2.15. The molecule has 0 spiro atoms. The largest absolute Gasteiger partial charge is 0.462 e. The zero-order chi connectivity index (χ0) is 12.8. The topological polar surface area (TPSA) is 67.2 Å². The summed E-state index contributed by atoms with van der Waals surface area (Å²) in [7, 11) is 0. The van der Waals surface area contributed by atoms with Gasteiger partial charge in [0.25, 0.3) is 0 Å². The van der Waals surface area contributed by atoms with Crippen LogP contribution in [-0.4, -0.2) is 18.9 Å². The third-order valence-corrected chi connectivity index (χ3v) is 2.37. The van der Waals surface area contributed by atoms with Gasteiger partial charge in [-0.15, -0.1) is 0 Å². The number of esters is 1. The van der Waals surface area contributed by atoms with Gasteiger partial charge in [-0.2, -0.15) is 5.26 Å². The molecule has 0 saturated carbocycles. The van der Waals surface area contributed by atoms with Crippen molar-refractivity contribution in [3.05, 3.63) is 34.4 Å². The molecule has 1 aromatic rings. The van der Waals surface area contributed by atoms with Crippen molar-refractivity contribution < 1.29 is 14.3 Å². The Morgan fingerprint density at radius 1 is 1.47 bits per heavy atom. The average Bonchev–Trinajstić information content (AvgIpc) is 2.37. The smallest absolute Gasteiger partial charge is 0.339 e. The predicted octanol–water partition coefficient (Wildman–Crippen LogP) is 2.11. The fourth-order valence-electron chi connectivity index (χ4n) is 1.58. The number of aldehydes is 1. The molecule has 0 aliphatic rings. The molecule has 0 unspecified atom stereocenters. The molecule has 0 heterocycles. The Morgan fingerprint density at radius 3 is 2.65 bits per heavy atom. The van der Waals surface area contributed by atoms with Crippen molar-refractivity contribution in [2.75, 3.05) is 6.61 Å².